The molecule has 14 heavy (non-hydrogen) atoms. The Morgan fingerprint density at radius 3 is 2.57 bits per heavy atom. The molecule has 0 bridgehead atoms. The van der Waals surface area contributed by atoms with Crippen molar-refractivity contribution in [2.24, 2.45) is 0 Å². The van der Waals surface area contributed by atoms with Crippen LogP contribution in [-0.2, 0) is 0 Å². The summed E-state index contributed by atoms with van der Waals surface area (Å²) >= 11 is 3.37. The van der Waals surface area contributed by atoms with E-state index < -0.39 is 0 Å². The van der Waals surface area contributed by atoms with Gasteiger partial charge >= 0.3 is 0 Å². The van der Waals surface area contributed by atoms with Crippen LogP contribution in [0.25, 0.3) is 0 Å². The quantitative estimate of drug-likeness (QED) is 0.772. The molecular weight excluding hydrogens is 242 g/mol. The van der Waals surface area contributed by atoms with Gasteiger partial charge in [-0.25, -0.2) is 0 Å². The van der Waals surface area contributed by atoms with Gasteiger partial charge in [0.15, 0.2) is 5.78 Å². The third-order valence-corrected chi connectivity index (χ3v) is 2.65. The number of ketones is 1. The number of hydrogen-bond donors (Lipinski definition) is 0. The van der Waals surface area contributed by atoms with Crippen molar-refractivity contribution < 1.29 is 4.79 Å². The Balaban J connectivity index is 2.65. The van der Waals surface area contributed by atoms with Crippen molar-refractivity contribution >= 4 is 21.7 Å². The first kappa shape index (κ1) is 11.4. The summed E-state index contributed by atoms with van der Waals surface area (Å²) in [5.41, 5.74) is 0.773. The SMILES string of the molecule is CN(C)CCC(=O)c1ccccc1Br. The standard InChI is InChI=1S/C11H14BrNO/c1-13(2)8-7-11(14)9-5-3-4-6-10(9)12/h3-6H,7-8H2,1-2H3. The van der Waals surface area contributed by atoms with Crippen LogP contribution < -0.4 is 0 Å². The number of benzene rings is 1. The average molecular weight is 256 g/mol. The van der Waals surface area contributed by atoms with Gasteiger partial charge in [-0.05, 0) is 20.2 Å². The second-order valence-electron chi connectivity index (χ2n) is 3.46. The van der Waals surface area contributed by atoms with Crippen molar-refractivity contribution in [2.45, 2.75) is 6.42 Å². The maximum absolute atomic E-state index is 11.7. The molecule has 0 saturated heterocycles. The molecule has 0 unspecified atom stereocenters. The lowest BCUT2D eigenvalue weighted by Gasteiger charge is -2.08. The average Bonchev–Trinajstić information content (AvgIpc) is 2.15. The minimum Gasteiger partial charge on any atom is -0.309 e. The van der Waals surface area contributed by atoms with Gasteiger partial charge < -0.3 is 4.90 Å². The molecule has 0 aliphatic rings. The summed E-state index contributed by atoms with van der Waals surface area (Å²) in [5, 5.41) is 0. The van der Waals surface area contributed by atoms with Gasteiger partial charge in [-0.1, -0.05) is 34.1 Å². The van der Waals surface area contributed by atoms with E-state index in [1.54, 1.807) is 0 Å². The number of hydrogen-bond acceptors (Lipinski definition) is 2. The molecular formula is C11H14BrNO. The number of rotatable bonds is 4. The smallest absolute Gasteiger partial charge is 0.165 e. The van der Waals surface area contributed by atoms with E-state index in [4.69, 9.17) is 0 Å². The lowest BCUT2D eigenvalue weighted by atomic mass is 10.1. The first-order valence-corrected chi connectivity index (χ1v) is 5.33. The molecule has 0 N–H and O–H groups in total. The molecule has 0 fully saturated rings. The first-order valence-electron chi connectivity index (χ1n) is 4.53. The Morgan fingerprint density at radius 1 is 1.36 bits per heavy atom. The second-order valence-corrected chi connectivity index (χ2v) is 4.31. The highest BCUT2D eigenvalue weighted by molar-refractivity contribution is 9.10. The van der Waals surface area contributed by atoms with E-state index in [9.17, 15) is 4.79 Å². The van der Waals surface area contributed by atoms with E-state index in [0.29, 0.717) is 6.42 Å². The third kappa shape index (κ3) is 3.24. The van der Waals surface area contributed by atoms with Gasteiger partial charge in [0.2, 0.25) is 0 Å². The highest BCUT2D eigenvalue weighted by Crippen LogP contribution is 2.17. The van der Waals surface area contributed by atoms with Crippen molar-refractivity contribution in [3.8, 4) is 0 Å². The minimum atomic E-state index is 0.186. The molecule has 0 heterocycles. The summed E-state index contributed by atoms with van der Waals surface area (Å²) < 4.78 is 0.878. The zero-order chi connectivity index (χ0) is 10.6. The monoisotopic (exact) mass is 255 g/mol. The highest BCUT2D eigenvalue weighted by Gasteiger charge is 2.08. The van der Waals surface area contributed by atoms with E-state index >= 15 is 0 Å². The molecule has 1 aromatic carbocycles. The molecule has 0 radical (unpaired) electrons. The predicted octanol–water partition coefficient (Wildman–Crippen LogP) is 2.58. The van der Waals surface area contributed by atoms with Gasteiger partial charge in [-0.15, -0.1) is 0 Å². The normalized spacial score (nSPS) is 10.6. The van der Waals surface area contributed by atoms with Crippen molar-refractivity contribution in [3.63, 3.8) is 0 Å². The topological polar surface area (TPSA) is 20.3 Å². The lowest BCUT2D eigenvalue weighted by Crippen LogP contribution is -2.16. The highest BCUT2D eigenvalue weighted by atomic mass is 79.9. The fourth-order valence-corrected chi connectivity index (χ4v) is 1.65. The summed E-state index contributed by atoms with van der Waals surface area (Å²) in [4.78, 5) is 13.7. The number of carbonyl (C=O) groups is 1. The molecule has 1 rings (SSSR count). The molecule has 0 aliphatic heterocycles. The zero-order valence-electron chi connectivity index (χ0n) is 8.46. The Labute approximate surface area is 93.0 Å². The second kappa shape index (κ2) is 5.27. The zero-order valence-corrected chi connectivity index (χ0v) is 10.0. The van der Waals surface area contributed by atoms with Crippen LogP contribution in [0.2, 0.25) is 0 Å². The van der Waals surface area contributed by atoms with E-state index in [0.717, 1.165) is 16.6 Å². The van der Waals surface area contributed by atoms with Crippen LogP contribution in [0.15, 0.2) is 28.7 Å². The van der Waals surface area contributed by atoms with E-state index in [-0.39, 0.29) is 5.78 Å². The number of nitrogens with zero attached hydrogens (tertiary/aromatic N) is 1. The molecule has 0 amide bonds. The van der Waals surface area contributed by atoms with Gasteiger partial charge in [0, 0.05) is 23.0 Å². The molecule has 0 aliphatic carbocycles. The summed E-state index contributed by atoms with van der Waals surface area (Å²) in [6.07, 6.45) is 0.565. The van der Waals surface area contributed by atoms with Gasteiger partial charge in [0.25, 0.3) is 0 Å². The van der Waals surface area contributed by atoms with E-state index in [2.05, 4.69) is 15.9 Å². The van der Waals surface area contributed by atoms with Crippen LogP contribution in [0, 0.1) is 0 Å². The van der Waals surface area contributed by atoms with Crippen LogP contribution >= 0.6 is 15.9 Å². The molecule has 0 aromatic heterocycles. The van der Waals surface area contributed by atoms with Crippen LogP contribution in [0.5, 0.6) is 0 Å². The molecule has 3 heteroatoms. The van der Waals surface area contributed by atoms with Gasteiger partial charge in [-0.3, -0.25) is 4.79 Å². The van der Waals surface area contributed by atoms with E-state index in [1.807, 2.05) is 43.3 Å². The molecule has 0 spiro atoms. The maximum Gasteiger partial charge on any atom is 0.165 e. The van der Waals surface area contributed by atoms with Gasteiger partial charge in [-0.2, -0.15) is 0 Å². The molecule has 1 aromatic rings. The maximum atomic E-state index is 11.7. The van der Waals surface area contributed by atoms with Crippen molar-refractivity contribution in [1.29, 1.82) is 0 Å². The fraction of sp³-hybridized carbons (Fsp3) is 0.364. The van der Waals surface area contributed by atoms with Gasteiger partial charge in [0.05, 0.1) is 0 Å². The van der Waals surface area contributed by atoms with Gasteiger partial charge in [0.1, 0.15) is 0 Å². The molecule has 0 saturated carbocycles. The molecule has 76 valence electrons. The fourth-order valence-electron chi connectivity index (χ4n) is 1.15. The minimum absolute atomic E-state index is 0.186. The first-order chi connectivity index (χ1) is 6.61. The van der Waals surface area contributed by atoms with Crippen LogP contribution in [0.1, 0.15) is 16.8 Å². The number of carbonyl (C=O) groups excluding carboxylic acids is 1. The largest absolute Gasteiger partial charge is 0.309 e. The Kier molecular flexibility index (Phi) is 4.29. The predicted molar refractivity (Wildman–Crippen MR) is 61.6 cm³/mol. The summed E-state index contributed by atoms with van der Waals surface area (Å²) in [7, 11) is 3.93. The Bertz CT molecular complexity index is 323. The lowest BCUT2D eigenvalue weighted by molar-refractivity contribution is 0.0972. The molecule has 0 atom stereocenters. The van der Waals surface area contributed by atoms with Crippen molar-refractivity contribution in [3.05, 3.63) is 34.3 Å². The Hall–Kier alpha value is -0.670. The Morgan fingerprint density at radius 2 is 2.00 bits per heavy atom. The van der Waals surface area contributed by atoms with Crippen LogP contribution in [0.3, 0.4) is 0 Å². The van der Waals surface area contributed by atoms with Crippen molar-refractivity contribution in [2.75, 3.05) is 20.6 Å². The van der Waals surface area contributed by atoms with Crippen LogP contribution in [0.4, 0.5) is 0 Å². The van der Waals surface area contributed by atoms with E-state index in [1.165, 1.54) is 0 Å². The summed E-state index contributed by atoms with van der Waals surface area (Å²) in [6, 6.07) is 7.53. The number of halogens is 1. The molecule has 2 nitrogen and oxygen atoms in total. The third-order valence-electron chi connectivity index (χ3n) is 1.96. The van der Waals surface area contributed by atoms with Crippen molar-refractivity contribution in [1.82, 2.24) is 4.90 Å². The van der Waals surface area contributed by atoms with Crippen LogP contribution in [-0.4, -0.2) is 31.3 Å². The number of Topliss-reactive ketones (excluding diaryl/α,β-unsaturated/α-hetero) is 1. The summed E-state index contributed by atoms with van der Waals surface area (Å²) in [6.45, 7) is 0.792. The summed E-state index contributed by atoms with van der Waals surface area (Å²) in [5.74, 6) is 0.186.